The number of alkyl halides is 3. The number of aryl methyl sites for hydroxylation is 1. The number of nitrogens with one attached hydrogen (secondary N) is 1. The second-order valence-electron chi connectivity index (χ2n) is 4.13. The minimum Gasteiger partial charge on any atom is -0.379 e. The van der Waals surface area contributed by atoms with Crippen molar-refractivity contribution < 1.29 is 13.2 Å². The van der Waals surface area contributed by atoms with E-state index in [-0.39, 0.29) is 12.2 Å². The summed E-state index contributed by atoms with van der Waals surface area (Å²) in [4.78, 5) is 4.32. The number of nitrogens with zero attached hydrogens (tertiary/aromatic N) is 1. The zero-order valence-corrected chi connectivity index (χ0v) is 13.0. The minimum absolute atomic E-state index is 0.0618. The van der Waals surface area contributed by atoms with Crippen LogP contribution in [0.1, 0.15) is 23.2 Å². The third-order valence-electron chi connectivity index (χ3n) is 2.65. The predicted octanol–water partition coefficient (Wildman–Crippen LogP) is 5.10. The standard InChI is InChI=1S/C13H12BrF3N2S/c1-2-12-19-9(7-20-12)6-18-11-4-3-8(14)5-10(11)13(15,16)17/h3-5,7,18H,2,6H2,1H3. The van der Waals surface area contributed by atoms with E-state index in [0.717, 1.165) is 23.2 Å². The summed E-state index contributed by atoms with van der Waals surface area (Å²) in [6.07, 6.45) is -3.56. The summed E-state index contributed by atoms with van der Waals surface area (Å²) in [7, 11) is 0. The fourth-order valence-electron chi connectivity index (χ4n) is 1.68. The van der Waals surface area contributed by atoms with Crippen molar-refractivity contribution in [3.05, 3.63) is 44.3 Å². The number of aromatic nitrogens is 1. The highest BCUT2D eigenvalue weighted by molar-refractivity contribution is 9.10. The molecule has 108 valence electrons. The lowest BCUT2D eigenvalue weighted by atomic mass is 10.1. The molecule has 1 N–H and O–H groups in total. The molecule has 20 heavy (non-hydrogen) atoms. The maximum Gasteiger partial charge on any atom is 0.418 e. The second kappa shape index (κ2) is 6.13. The van der Waals surface area contributed by atoms with E-state index in [2.05, 4.69) is 26.2 Å². The van der Waals surface area contributed by atoms with Gasteiger partial charge in [-0.2, -0.15) is 13.2 Å². The van der Waals surface area contributed by atoms with Gasteiger partial charge in [-0.1, -0.05) is 22.9 Å². The average molecular weight is 365 g/mol. The lowest BCUT2D eigenvalue weighted by Gasteiger charge is -2.14. The van der Waals surface area contributed by atoms with Crippen LogP contribution in [0, 0.1) is 0 Å². The highest BCUT2D eigenvalue weighted by Crippen LogP contribution is 2.36. The molecule has 2 aromatic rings. The van der Waals surface area contributed by atoms with Crippen LogP contribution in [0.3, 0.4) is 0 Å². The maximum atomic E-state index is 12.9. The largest absolute Gasteiger partial charge is 0.418 e. The molecule has 2 rings (SSSR count). The smallest absolute Gasteiger partial charge is 0.379 e. The summed E-state index contributed by atoms with van der Waals surface area (Å²) in [6.45, 7) is 2.27. The van der Waals surface area contributed by atoms with E-state index in [4.69, 9.17) is 0 Å². The normalized spacial score (nSPS) is 11.7. The first-order valence-electron chi connectivity index (χ1n) is 5.94. The van der Waals surface area contributed by atoms with Gasteiger partial charge < -0.3 is 5.32 Å². The highest BCUT2D eigenvalue weighted by Gasteiger charge is 2.33. The zero-order chi connectivity index (χ0) is 14.8. The number of hydrogen-bond acceptors (Lipinski definition) is 3. The van der Waals surface area contributed by atoms with E-state index >= 15 is 0 Å². The van der Waals surface area contributed by atoms with E-state index in [1.165, 1.54) is 17.4 Å². The van der Waals surface area contributed by atoms with Crippen LogP contribution in [-0.2, 0) is 19.1 Å². The molecule has 0 atom stereocenters. The Morgan fingerprint density at radius 1 is 1.35 bits per heavy atom. The van der Waals surface area contributed by atoms with Crippen molar-refractivity contribution in [1.82, 2.24) is 4.98 Å². The molecule has 0 radical (unpaired) electrons. The van der Waals surface area contributed by atoms with Gasteiger partial charge in [0.1, 0.15) is 0 Å². The van der Waals surface area contributed by atoms with Crippen molar-refractivity contribution in [2.75, 3.05) is 5.32 Å². The Bertz CT molecular complexity index is 596. The SMILES string of the molecule is CCc1nc(CNc2ccc(Br)cc2C(F)(F)F)cs1. The molecular weight excluding hydrogens is 353 g/mol. The molecule has 0 aliphatic rings. The number of hydrogen-bond donors (Lipinski definition) is 1. The van der Waals surface area contributed by atoms with Gasteiger partial charge >= 0.3 is 6.18 Å². The first-order chi connectivity index (χ1) is 9.40. The number of benzene rings is 1. The fourth-order valence-corrected chi connectivity index (χ4v) is 2.79. The molecular formula is C13H12BrF3N2S. The fraction of sp³-hybridized carbons (Fsp3) is 0.308. The van der Waals surface area contributed by atoms with Crippen molar-refractivity contribution in [3.8, 4) is 0 Å². The molecule has 0 saturated heterocycles. The quantitative estimate of drug-likeness (QED) is 0.816. The highest BCUT2D eigenvalue weighted by atomic mass is 79.9. The van der Waals surface area contributed by atoms with Crippen LogP contribution in [0.4, 0.5) is 18.9 Å². The summed E-state index contributed by atoms with van der Waals surface area (Å²) in [5, 5.41) is 5.64. The van der Waals surface area contributed by atoms with Gasteiger partial charge in [-0.05, 0) is 24.6 Å². The zero-order valence-electron chi connectivity index (χ0n) is 10.6. The van der Waals surface area contributed by atoms with E-state index in [1.807, 2.05) is 12.3 Å². The lowest BCUT2D eigenvalue weighted by molar-refractivity contribution is -0.137. The van der Waals surface area contributed by atoms with Gasteiger partial charge in [0.2, 0.25) is 0 Å². The maximum absolute atomic E-state index is 12.9. The Balaban J connectivity index is 2.17. The molecule has 1 aromatic heterocycles. The first-order valence-corrected chi connectivity index (χ1v) is 7.61. The molecule has 2 nitrogen and oxygen atoms in total. The summed E-state index contributed by atoms with van der Waals surface area (Å²) in [5.41, 5.74) is 0.132. The first kappa shape index (κ1) is 15.3. The third kappa shape index (κ3) is 3.73. The van der Waals surface area contributed by atoms with Crippen LogP contribution in [0.5, 0.6) is 0 Å². The summed E-state index contributed by atoms with van der Waals surface area (Å²) >= 11 is 4.58. The predicted molar refractivity (Wildman–Crippen MR) is 78.0 cm³/mol. The van der Waals surface area contributed by atoms with Crippen LogP contribution in [0.25, 0.3) is 0 Å². The summed E-state index contributed by atoms with van der Waals surface area (Å²) in [5.74, 6) is 0. The number of rotatable bonds is 4. The van der Waals surface area contributed by atoms with E-state index < -0.39 is 11.7 Å². The van der Waals surface area contributed by atoms with Crippen molar-refractivity contribution in [3.63, 3.8) is 0 Å². The molecule has 0 unspecified atom stereocenters. The molecule has 1 heterocycles. The van der Waals surface area contributed by atoms with Crippen molar-refractivity contribution in [1.29, 1.82) is 0 Å². The molecule has 1 aromatic carbocycles. The molecule has 7 heteroatoms. The van der Waals surface area contributed by atoms with E-state index in [1.54, 1.807) is 6.07 Å². The Hall–Kier alpha value is -1.08. The second-order valence-corrected chi connectivity index (χ2v) is 5.99. The van der Waals surface area contributed by atoms with Gasteiger partial charge in [0.15, 0.2) is 0 Å². The molecule has 0 bridgehead atoms. The Morgan fingerprint density at radius 3 is 2.70 bits per heavy atom. The molecule has 0 saturated carbocycles. The van der Waals surface area contributed by atoms with Gasteiger partial charge in [-0.25, -0.2) is 4.98 Å². The molecule has 0 aliphatic carbocycles. The van der Waals surface area contributed by atoms with Crippen molar-refractivity contribution in [2.24, 2.45) is 0 Å². The van der Waals surface area contributed by atoms with Crippen LogP contribution in [0.15, 0.2) is 28.1 Å². The average Bonchev–Trinajstić information content (AvgIpc) is 2.84. The van der Waals surface area contributed by atoms with Crippen LogP contribution in [-0.4, -0.2) is 4.98 Å². The molecule has 0 fully saturated rings. The molecule has 0 amide bonds. The lowest BCUT2D eigenvalue weighted by Crippen LogP contribution is -2.11. The van der Waals surface area contributed by atoms with Crippen LogP contribution < -0.4 is 5.32 Å². The third-order valence-corrected chi connectivity index (χ3v) is 4.18. The Kier molecular flexibility index (Phi) is 4.70. The Labute approximate surface area is 127 Å². The van der Waals surface area contributed by atoms with Crippen LogP contribution in [0.2, 0.25) is 0 Å². The Morgan fingerprint density at radius 2 is 2.10 bits per heavy atom. The number of anilines is 1. The van der Waals surface area contributed by atoms with Crippen molar-refractivity contribution >= 4 is 33.0 Å². The number of thiazole rings is 1. The van der Waals surface area contributed by atoms with E-state index in [0.29, 0.717) is 4.47 Å². The van der Waals surface area contributed by atoms with E-state index in [9.17, 15) is 13.2 Å². The van der Waals surface area contributed by atoms with Gasteiger partial charge in [-0.3, -0.25) is 0 Å². The van der Waals surface area contributed by atoms with Gasteiger partial charge in [0, 0.05) is 15.5 Å². The van der Waals surface area contributed by atoms with Crippen molar-refractivity contribution in [2.45, 2.75) is 26.1 Å². The monoisotopic (exact) mass is 364 g/mol. The molecule has 0 spiro atoms. The minimum atomic E-state index is -4.39. The van der Waals surface area contributed by atoms with Gasteiger partial charge in [-0.15, -0.1) is 11.3 Å². The van der Waals surface area contributed by atoms with Gasteiger partial charge in [0.25, 0.3) is 0 Å². The summed E-state index contributed by atoms with van der Waals surface area (Å²) < 4.78 is 39.2. The topological polar surface area (TPSA) is 24.9 Å². The molecule has 0 aliphatic heterocycles. The summed E-state index contributed by atoms with van der Waals surface area (Å²) in [6, 6.07) is 4.07. The van der Waals surface area contributed by atoms with Crippen LogP contribution >= 0.6 is 27.3 Å². The number of halogens is 4. The van der Waals surface area contributed by atoms with Gasteiger partial charge in [0.05, 0.1) is 22.8 Å².